The van der Waals surface area contributed by atoms with Gasteiger partial charge in [0.25, 0.3) is 0 Å². The normalized spacial score (nSPS) is 16.9. The fraction of sp³-hybridized carbons (Fsp3) is 0.619. The summed E-state index contributed by atoms with van der Waals surface area (Å²) in [6, 6.07) is 6.00. The number of likely N-dealkylation sites (N-methyl/N-ethyl adjacent to an activating group) is 2. The van der Waals surface area contributed by atoms with E-state index in [1.54, 1.807) is 14.2 Å². The number of benzene rings is 1. The number of hydrogen-bond acceptors (Lipinski definition) is 6. The first-order chi connectivity index (χ1) is 14.5. The average Bonchev–Trinajstić information content (AvgIpc) is 3.10. The lowest BCUT2D eigenvalue weighted by Crippen LogP contribution is -2.33. The Balaban J connectivity index is 1.82. The van der Waals surface area contributed by atoms with Crippen molar-refractivity contribution in [1.82, 2.24) is 19.6 Å². The molecular formula is C21H32N4O5. The predicted octanol–water partition coefficient (Wildman–Crippen LogP) is 2.80. The molecule has 166 valence electrons. The highest BCUT2D eigenvalue weighted by atomic mass is 16.5. The zero-order valence-electron chi connectivity index (χ0n) is 18.0. The molecule has 1 fully saturated rings. The van der Waals surface area contributed by atoms with Gasteiger partial charge in [-0.25, -0.2) is 9.48 Å². The molecule has 30 heavy (non-hydrogen) atoms. The van der Waals surface area contributed by atoms with E-state index in [1.165, 1.54) is 4.90 Å². The Bertz CT molecular complexity index is 834. The first-order valence-corrected chi connectivity index (χ1v) is 10.4. The summed E-state index contributed by atoms with van der Waals surface area (Å²) in [6.45, 7) is 3.41. The number of nitrogens with zero attached hydrogens (tertiary/aromatic N) is 4. The summed E-state index contributed by atoms with van der Waals surface area (Å²) in [5.74, 6) is 0.776. The fourth-order valence-electron chi connectivity index (χ4n) is 3.52. The van der Waals surface area contributed by atoms with Crippen LogP contribution in [0.25, 0.3) is 10.9 Å². The molecule has 0 radical (unpaired) electrons. The van der Waals surface area contributed by atoms with Crippen molar-refractivity contribution in [2.75, 3.05) is 54.1 Å². The summed E-state index contributed by atoms with van der Waals surface area (Å²) in [5.41, 5.74) is 1.95. The minimum atomic E-state index is -0.926. The maximum atomic E-state index is 11.0. The molecule has 1 atom stereocenters. The number of carboxylic acid groups (broad SMARTS) is 1. The number of methoxy groups -OCH3 is 1. The van der Waals surface area contributed by atoms with E-state index in [0.29, 0.717) is 32.8 Å². The molecule has 2 aromatic rings. The Hall–Kier alpha value is -2.36. The summed E-state index contributed by atoms with van der Waals surface area (Å²) in [7, 11) is 5.19. The van der Waals surface area contributed by atoms with Gasteiger partial charge in [-0.05, 0) is 44.5 Å². The zero-order chi connectivity index (χ0) is 21.5. The van der Waals surface area contributed by atoms with Gasteiger partial charge in [-0.15, -0.1) is 0 Å². The first-order valence-electron chi connectivity index (χ1n) is 10.4. The second-order valence-corrected chi connectivity index (χ2v) is 7.67. The lowest BCUT2D eigenvalue weighted by Gasteiger charge is -2.23. The second kappa shape index (κ2) is 10.6. The Morgan fingerprint density at radius 1 is 1.30 bits per heavy atom. The zero-order valence-corrected chi connectivity index (χ0v) is 18.0. The Kier molecular flexibility index (Phi) is 7.89. The van der Waals surface area contributed by atoms with Gasteiger partial charge in [-0.1, -0.05) is 0 Å². The number of rotatable bonds is 10. The number of ether oxygens (including phenoxy) is 3. The Morgan fingerprint density at radius 3 is 2.83 bits per heavy atom. The maximum absolute atomic E-state index is 11.0. The molecule has 1 aliphatic heterocycles. The van der Waals surface area contributed by atoms with Crippen LogP contribution >= 0.6 is 0 Å². The minimum Gasteiger partial charge on any atom is -0.491 e. The summed E-state index contributed by atoms with van der Waals surface area (Å²) < 4.78 is 18.8. The molecule has 1 saturated heterocycles. The van der Waals surface area contributed by atoms with Crippen molar-refractivity contribution in [1.29, 1.82) is 0 Å². The van der Waals surface area contributed by atoms with Crippen LogP contribution in [0.4, 0.5) is 4.79 Å². The van der Waals surface area contributed by atoms with E-state index in [2.05, 4.69) is 4.90 Å². The highest BCUT2D eigenvalue weighted by Crippen LogP contribution is 2.30. The minimum absolute atomic E-state index is 0.0568. The molecule has 0 saturated carbocycles. The largest absolute Gasteiger partial charge is 0.491 e. The van der Waals surface area contributed by atoms with Gasteiger partial charge in [0.1, 0.15) is 12.4 Å². The van der Waals surface area contributed by atoms with Gasteiger partial charge in [-0.2, -0.15) is 5.10 Å². The van der Waals surface area contributed by atoms with Crippen LogP contribution in [0.5, 0.6) is 5.75 Å². The highest BCUT2D eigenvalue weighted by molar-refractivity contribution is 5.83. The second-order valence-electron chi connectivity index (χ2n) is 7.67. The fourth-order valence-corrected chi connectivity index (χ4v) is 3.52. The number of carbonyl (C=O) groups is 1. The van der Waals surface area contributed by atoms with Crippen molar-refractivity contribution in [2.45, 2.75) is 32.0 Å². The molecule has 3 rings (SSSR count). The van der Waals surface area contributed by atoms with E-state index in [0.717, 1.165) is 48.2 Å². The monoisotopic (exact) mass is 420 g/mol. The maximum Gasteiger partial charge on any atom is 0.407 e. The first kappa shape index (κ1) is 22.3. The van der Waals surface area contributed by atoms with Crippen LogP contribution in [-0.4, -0.2) is 84.9 Å². The third-order valence-electron chi connectivity index (χ3n) is 5.30. The van der Waals surface area contributed by atoms with Crippen molar-refractivity contribution >= 4 is 17.0 Å². The summed E-state index contributed by atoms with van der Waals surface area (Å²) in [6.07, 6.45) is 2.17. The third-order valence-corrected chi connectivity index (χ3v) is 5.30. The smallest absolute Gasteiger partial charge is 0.407 e. The van der Waals surface area contributed by atoms with E-state index < -0.39 is 6.09 Å². The number of hydrogen-bond donors (Lipinski definition) is 1. The molecule has 2 heterocycles. The van der Waals surface area contributed by atoms with Gasteiger partial charge in [0.2, 0.25) is 0 Å². The van der Waals surface area contributed by atoms with Crippen LogP contribution in [0.15, 0.2) is 18.2 Å². The van der Waals surface area contributed by atoms with Crippen molar-refractivity contribution < 1.29 is 24.1 Å². The highest BCUT2D eigenvalue weighted by Gasteiger charge is 2.22. The van der Waals surface area contributed by atoms with Crippen LogP contribution in [-0.2, 0) is 16.0 Å². The van der Waals surface area contributed by atoms with E-state index in [4.69, 9.17) is 24.4 Å². The predicted molar refractivity (Wildman–Crippen MR) is 113 cm³/mol. The van der Waals surface area contributed by atoms with E-state index in [-0.39, 0.29) is 6.23 Å². The van der Waals surface area contributed by atoms with E-state index in [9.17, 15) is 4.79 Å². The Labute approximate surface area is 177 Å². The third kappa shape index (κ3) is 5.62. The molecule has 0 aliphatic carbocycles. The molecule has 1 aliphatic rings. The van der Waals surface area contributed by atoms with Gasteiger partial charge in [0, 0.05) is 45.8 Å². The van der Waals surface area contributed by atoms with Crippen molar-refractivity contribution in [2.24, 2.45) is 0 Å². The standard InChI is InChI=1S/C21H32N4O5/c1-23(9-10-24(2)21(26)27)15-18-17-14-16(29-13-12-28-3)7-8-19(17)25(22-18)20-6-4-5-11-30-20/h7-8,14,20H,4-6,9-13,15H2,1-3H3,(H,26,27). The Morgan fingerprint density at radius 2 is 2.13 bits per heavy atom. The summed E-state index contributed by atoms with van der Waals surface area (Å²) in [5, 5.41) is 15.0. The summed E-state index contributed by atoms with van der Waals surface area (Å²) in [4.78, 5) is 14.4. The van der Waals surface area contributed by atoms with Gasteiger partial charge in [-0.3, -0.25) is 4.90 Å². The molecule has 9 heteroatoms. The van der Waals surface area contributed by atoms with Crippen LogP contribution in [0.3, 0.4) is 0 Å². The molecular weight excluding hydrogens is 388 g/mol. The topological polar surface area (TPSA) is 89.3 Å². The number of amides is 1. The molecule has 1 unspecified atom stereocenters. The molecule has 9 nitrogen and oxygen atoms in total. The lowest BCUT2D eigenvalue weighted by molar-refractivity contribution is -0.0370. The molecule has 1 amide bonds. The molecule has 1 N–H and O–H groups in total. The quantitative estimate of drug-likeness (QED) is 0.591. The van der Waals surface area contributed by atoms with Crippen molar-refractivity contribution in [3.63, 3.8) is 0 Å². The number of fused-ring (bicyclic) bond motifs is 1. The molecule has 1 aromatic heterocycles. The van der Waals surface area contributed by atoms with Gasteiger partial charge in [0.05, 0.1) is 17.8 Å². The van der Waals surface area contributed by atoms with Crippen molar-refractivity contribution in [3.05, 3.63) is 23.9 Å². The van der Waals surface area contributed by atoms with Crippen LogP contribution < -0.4 is 4.74 Å². The van der Waals surface area contributed by atoms with Gasteiger partial charge < -0.3 is 24.2 Å². The lowest BCUT2D eigenvalue weighted by atomic mass is 10.1. The summed E-state index contributed by atoms with van der Waals surface area (Å²) >= 11 is 0. The van der Waals surface area contributed by atoms with Gasteiger partial charge >= 0.3 is 6.09 Å². The van der Waals surface area contributed by atoms with E-state index >= 15 is 0 Å². The van der Waals surface area contributed by atoms with Crippen molar-refractivity contribution in [3.8, 4) is 5.75 Å². The molecule has 1 aromatic carbocycles. The molecule has 0 spiro atoms. The average molecular weight is 421 g/mol. The van der Waals surface area contributed by atoms with Gasteiger partial charge in [0.15, 0.2) is 6.23 Å². The van der Waals surface area contributed by atoms with E-state index in [1.807, 2.05) is 29.9 Å². The van der Waals surface area contributed by atoms with Crippen LogP contribution in [0, 0.1) is 0 Å². The SMILES string of the molecule is COCCOc1ccc2c(c1)c(CN(C)CCN(C)C(=O)O)nn2C1CCCCO1. The molecule has 0 bridgehead atoms. The van der Waals surface area contributed by atoms with Crippen LogP contribution in [0.1, 0.15) is 31.2 Å². The van der Waals surface area contributed by atoms with Crippen LogP contribution in [0.2, 0.25) is 0 Å². The number of aromatic nitrogens is 2.